The van der Waals surface area contributed by atoms with Gasteiger partial charge in [0.25, 0.3) is 0 Å². The van der Waals surface area contributed by atoms with Gasteiger partial charge in [0.05, 0.1) is 6.67 Å². The molecule has 0 bridgehead atoms. The lowest BCUT2D eigenvalue weighted by Crippen LogP contribution is -2.43. The molecule has 3 aliphatic rings. The average Bonchev–Trinajstić information content (AvgIpc) is 3.13. The molecule has 24 heavy (non-hydrogen) atoms. The number of allylic oxidation sites excluding steroid dienone is 1. The maximum Gasteiger partial charge on any atom is 0.143 e. The molecular weight excluding hydrogens is 298 g/mol. The van der Waals surface area contributed by atoms with Crippen LogP contribution in [0.2, 0.25) is 0 Å². The molecule has 0 radical (unpaired) electrons. The summed E-state index contributed by atoms with van der Waals surface area (Å²) in [4.78, 5) is 4.89. The predicted molar refractivity (Wildman–Crippen MR) is 96.7 cm³/mol. The molecule has 1 aromatic carbocycles. The molecule has 2 heterocycles. The lowest BCUT2D eigenvalue weighted by atomic mass is 9.95. The van der Waals surface area contributed by atoms with Gasteiger partial charge in [-0.15, -0.1) is 0 Å². The number of hydrogen-bond donors (Lipinski definition) is 1. The fraction of sp³-hybridized carbons (Fsp3) is 0.600. The van der Waals surface area contributed by atoms with Crippen LogP contribution in [0.4, 0.5) is 0 Å². The quantitative estimate of drug-likeness (QED) is 0.898. The molecular formula is C20H29N3O. The van der Waals surface area contributed by atoms with Crippen molar-refractivity contribution in [2.75, 3.05) is 33.0 Å². The molecule has 4 rings (SSSR count). The fourth-order valence-corrected chi connectivity index (χ4v) is 4.08. The monoisotopic (exact) mass is 327 g/mol. The molecule has 1 aliphatic carbocycles. The highest BCUT2D eigenvalue weighted by Crippen LogP contribution is 2.26. The minimum Gasteiger partial charge on any atom is -0.478 e. The van der Waals surface area contributed by atoms with Crippen LogP contribution in [0.3, 0.4) is 0 Å². The number of rotatable bonds is 5. The van der Waals surface area contributed by atoms with Crippen LogP contribution in [0.1, 0.15) is 44.1 Å². The largest absolute Gasteiger partial charge is 0.478 e. The van der Waals surface area contributed by atoms with Crippen LogP contribution in [-0.4, -0.2) is 42.8 Å². The second-order valence-corrected chi connectivity index (χ2v) is 7.36. The zero-order chi connectivity index (χ0) is 16.2. The number of ether oxygens (including phenoxy) is 1. The Morgan fingerprint density at radius 3 is 2.79 bits per heavy atom. The molecule has 0 amide bonds. The first-order valence-electron chi connectivity index (χ1n) is 9.48. The summed E-state index contributed by atoms with van der Waals surface area (Å²) in [6, 6.07) is 8.63. The van der Waals surface area contributed by atoms with E-state index < -0.39 is 0 Å². The number of likely N-dealkylation sites (tertiary alicyclic amines) is 1. The normalized spacial score (nSPS) is 22.3. The van der Waals surface area contributed by atoms with Crippen molar-refractivity contribution in [3.63, 3.8) is 0 Å². The van der Waals surface area contributed by atoms with Crippen molar-refractivity contribution in [3.8, 4) is 5.75 Å². The zero-order valence-electron chi connectivity index (χ0n) is 14.6. The van der Waals surface area contributed by atoms with Gasteiger partial charge in [-0.25, -0.2) is 4.90 Å². The Morgan fingerprint density at radius 1 is 1.00 bits per heavy atom. The summed E-state index contributed by atoms with van der Waals surface area (Å²) in [5.74, 6) is 0.995. The van der Waals surface area contributed by atoms with Crippen molar-refractivity contribution < 1.29 is 4.74 Å². The zero-order valence-corrected chi connectivity index (χ0v) is 14.6. The van der Waals surface area contributed by atoms with Gasteiger partial charge in [-0.1, -0.05) is 12.1 Å². The van der Waals surface area contributed by atoms with Gasteiger partial charge < -0.3 is 10.1 Å². The molecule has 0 spiro atoms. The van der Waals surface area contributed by atoms with Gasteiger partial charge in [-0.05, 0) is 74.9 Å². The maximum atomic E-state index is 6.08. The maximum absolute atomic E-state index is 6.08. The van der Waals surface area contributed by atoms with Gasteiger partial charge >= 0.3 is 0 Å². The highest BCUT2D eigenvalue weighted by Gasteiger charge is 2.21. The summed E-state index contributed by atoms with van der Waals surface area (Å²) < 4.78 is 6.08. The Labute approximate surface area is 145 Å². The fourth-order valence-electron chi connectivity index (χ4n) is 4.08. The number of nitrogens with one attached hydrogen (secondary N) is 1. The molecule has 1 aromatic rings. The van der Waals surface area contributed by atoms with Gasteiger partial charge in [0.2, 0.25) is 0 Å². The van der Waals surface area contributed by atoms with Crippen LogP contribution in [0.15, 0.2) is 35.5 Å². The average molecular weight is 327 g/mol. The van der Waals surface area contributed by atoms with Crippen molar-refractivity contribution in [1.82, 2.24) is 15.1 Å². The van der Waals surface area contributed by atoms with Crippen molar-refractivity contribution in [2.24, 2.45) is 0 Å². The van der Waals surface area contributed by atoms with Gasteiger partial charge in [0.1, 0.15) is 12.5 Å². The van der Waals surface area contributed by atoms with Crippen molar-refractivity contribution in [3.05, 3.63) is 41.1 Å². The first-order chi connectivity index (χ1) is 11.9. The number of nitrogens with zero attached hydrogens (tertiary/aromatic N) is 2. The highest BCUT2D eigenvalue weighted by atomic mass is 16.5. The second kappa shape index (κ2) is 7.58. The van der Waals surface area contributed by atoms with Gasteiger partial charge in [0, 0.05) is 18.8 Å². The summed E-state index contributed by atoms with van der Waals surface area (Å²) in [6.45, 7) is 6.17. The van der Waals surface area contributed by atoms with E-state index in [0.717, 1.165) is 25.5 Å². The smallest absolute Gasteiger partial charge is 0.143 e. The van der Waals surface area contributed by atoms with Crippen LogP contribution in [0.5, 0.6) is 5.75 Å². The molecule has 130 valence electrons. The Hall–Kier alpha value is -1.52. The lowest BCUT2D eigenvalue weighted by molar-refractivity contribution is 0.119. The first-order valence-corrected chi connectivity index (χ1v) is 9.48. The van der Waals surface area contributed by atoms with Crippen LogP contribution >= 0.6 is 0 Å². The Balaban J connectivity index is 1.30. The molecule has 0 aromatic heterocycles. The third kappa shape index (κ3) is 3.93. The summed E-state index contributed by atoms with van der Waals surface area (Å²) >= 11 is 0. The predicted octanol–water partition coefficient (Wildman–Crippen LogP) is 3.31. The van der Waals surface area contributed by atoms with E-state index in [4.69, 9.17) is 4.74 Å². The van der Waals surface area contributed by atoms with E-state index in [9.17, 15) is 0 Å². The Kier molecular flexibility index (Phi) is 5.04. The van der Waals surface area contributed by atoms with Crippen molar-refractivity contribution in [1.29, 1.82) is 0 Å². The molecule has 4 heteroatoms. The first kappa shape index (κ1) is 16.0. The summed E-state index contributed by atoms with van der Waals surface area (Å²) in [6.07, 6.45) is 7.86. The van der Waals surface area contributed by atoms with Gasteiger partial charge in [0.15, 0.2) is 0 Å². The molecule has 1 fully saturated rings. The second-order valence-electron chi connectivity index (χ2n) is 7.36. The summed E-state index contributed by atoms with van der Waals surface area (Å²) in [5, 5.41) is 3.59. The van der Waals surface area contributed by atoms with Gasteiger partial charge in [-0.3, -0.25) is 4.90 Å². The molecule has 1 saturated heterocycles. The summed E-state index contributed by atoms with van der Waals surface area (Å²) in [5.41, 5.74) is 4.47. The molecule has 4 nitrogen and oxygen atoms in total. The lowest BCUT2D eigenvalue weighted by Gasteiger charge is -2.34. The van der Waals surface area contributed by atoms with E-state index in [1.54, 1.807) is 5.57 Å². The third-order valence-electron chi connectivity index (χ3n) is 5.43. The van der Waals surface area contributed by atoms with E-state index >= 15 is 0 Å². The Bertz CT molecular complexity index is 592. The standard InChI is InChI=1S/C20H29N3O/c1-2-9-20-18(7-1)14-23(15-21-20)16-24-19-8-5-6-17(12-19)13-22-10-3-4-11-22/h5-6,8,12,21H,1-4,7,9-11,13-16H2. The summed E-state index contributed by atoms with van der Waals surface area (Å²) in [7, 11) is 0. The van der Waals surface area contributed by atoms with E-state index in [0.29, 0.717) is 6.73 Å². The molecule has 1 N–H and O–H groups in total. The minimum atomic E-state index is 0.664. The topological polar surface area (TPSA) is 27.7 Å². The highest BCUT2D eigenvalue weighted by molar-refractivity contribution is 5.28. The third-order valence-corrected chi connectivity index (χ3v) is 5.43. The van der Waals surface area contributed by atoms with Crippen molar-refractivity contribution >= 4 is 0 Å². The molecule has 0 atom stereocenters. The van der Waals surface area contributed by atoms with E-state index in [-0.39, 0.29) is 0 Å². The van der Waals surface area contributed by atoms with Crippen LogP contribution in [-0.2, 0) is 6.54 Å². The van der Waals surface area contributed by atoms with Crippen LogP contribution < -0.4 is 10.1 Å². The Morgan fingerprint density at radius 2 is 1.88 bits per heavy atom. The van der Waals surface area contributed by atoms with Crippen molar-refractivity contribution in [2.45, 2.75) is 45.1 Å². The van der Waals surface area contributed by atoms with E-state index in [1.165, 1.54) is 62.9 Å². The van der Waals surface area contributed by atoms with Gasteiger partial charge in [-0.2, -0.15) is 0 Å². The van der Waals surface area contributed by atoms with E-state index in [1.807, 2.05) is 0 Å². The van der Waals surface area contributed by atoms with Crippen LogP contribution in [0, 0.1) is 0 Å². The molecule has 0 unspecified atom stereocenters. The van der Waals surface area contributed by atoms with E-state index in [2.05, 4.69) is 39.4 Å². The molecule has 2 aliphatic heterocycles. The number of hydrogen-bond acceptors (Lipinski definition) is 4. The molecule has 0 saturated carbocycles. The number of benzene rings is 1. The van der Waals surface area contributed by atoms with Crippen LogP contribution in [0.25, 0.3) is 0 Å². The minimum absolute atomic E-state index is 0.664. The SMILES string of the molecule is c1cc(CN2CCCC2)cc(OCN2CNC3=C(CCCC3)C2)c1.